The van der Waals surface area contributed by atoms with Crippen molar-refractivity contribution in [2.45, 2.75) is 91.9 Å². The van der Waals surface area contributed by atoms with Crippen molar-refractivity contribution >= 4 is 6.21 Å². The van der Waals surface area contributed by atoms with Crippen molar-refractivity contribution in [3.05, 3.63) is 16.9 Å². The summed E-state index contributed by atoms with van der Waals surface area (Å²) in [6, 6.07) is 0. The van der Waals surface area contributed by atoms with Gasteiger partial charge in [-0.1, -0.05) is 78.7 Å². The molecule has 0 aromatic rings. The summed E-state index contributed by atoms with van der Waals surface area (Å²) >= 11 is 0. The van der Waals surface area contributed by atoms with Crippen molar-refractivity contribution in [3.8, 4) is 0 Å². The fourth-order valence-electron chi connectivity index (χ4n) is 4.67. The topological polar surface area (TPSA) is 26.1 Å². The van der Waals surface area contributed by atoms with Gasteiger partial charge in [-0.15, -0.1) is 0 Å². The van der Waals surface area contributed by atoms with E-state index in [0.29, 0.717) is 23.8 Å². The molecule has 2 nitrogen and oxygen atoms in total. The van der Waals surface area contributed by atoms with Crippen LogP contribution in [-0.4, -0.2) is 17.5 Å². The molecule has 1 unspecified atom stereocenters. The number of hydrogen-bond acceptors (Lipinski definition) is 1. The van der Waals surface area contributed by atoms with Crippen LogP contribution in [-0.2, 0) is 0 Å². The van der Waals surface area contributed by atoms with Gasteiger partial charge in [0.2, 0.25) is 0 Å². The molecule has 3 aliphatic rings. The van der Waals surface area contributed by atoms with Gasteiger partial charge in [0.25, 0.3) is 0 Å². The van der Waals surface area contributed by atoms with E-state index >= 15 is 0 Å². The first-order valence-corrected chi connectivity index (χ1v) is 10.4. The Labute approximate surface area is 150 Å². The molecule has 0 heterocycles. The van der Waals surface area contributed by atoms with Crippen LogP contribution in [0.4, 0.5) is 0 Å². The third kappa shape index (κ3) is 5.10. The van der Waals surface area contributed by atoms with Gasteiger partial charge in [0.1, 0.15) is 0 Å². The zero-order valence-corrected chi connectivity index (χ0v) is 16.5. The first-order chi connectivity index (χ1) is 11.4. The number of unbranched alkanes of at least 4 members (excludes halogenated alkanes) is 6. The minimum Gasteiger partial charge on any atom is -0.624 e. The molecule has 0 radical (unpaired) electrons. The van der Waals surface area contributed by atoms with Crippen molar-refractivity contribution in [1.29, 1.82) is 0 Å². The van der Waals surface area contributed by atoms with Crippen molar-refractivity contribution in [2.75, 3.05) is 6.54 Å². The number of allylic oxidation sites excluding steroid dienone is 1. The molecule has 0 amide bonds. The molecule has 3 atom stereocenters. The minimum atomic E-state index is 0.407. The zero-order valence-electron chi connectivity index (χ0n) is 16.5. The first-order valence-electron chi connectivity index (χ1n) is 10.4. The predicted molar refractivity (Wildman–Crippen MR) is 104 cm³/mol. The van der Waals surface area contributed by atoms with E-state index in [9.17, 15) is 5.21 Å². The summed E-state index contributed by atoms with van der Waals surface area (Å²) in [5, 5.41) is 12.3. The van der Waals surface area contributed by atoms with Gasteiger partial charge in [-0.25, -0.2) is 4.74 Å². The Balaban J connectivity index is 1.65. The second kappa shape index (κ2) is 9.06. The number of rotatable bonds is 11. The molecule has 2 bridgehead atoms. The van der Waals surface area contributed by atoms with E-state index in [4.69, 9.17) is 0 Å². The van der Waals surface area contributed by atoms with E-state index < -0.39 is 0 Å². The number of nitrogens with zero attached hydrogens (tertiary/aromatic N) is 1. The highest BCUT2D eigenvalue weighted by atomic mass is 16.5. The summed E-state index contributed by atoms with van der Waals surface area (Å²) in [5.74, 6) is 1.91. The Bertz CT molecular complexity index is 449. The van der Waals surface area contributed by atoms with Crippen molar-refractivity contribution in [3.63, 3.8) is 0 Å². The van der Waals surface area contributed by atoms with Gasteiger partial charge in [-0.3, -0.25) is 0 Å². The number of fused-ring (bicyclic) bond motifs is 1. The fraction of sp³-hybridized carbons (Fsp3) is 0.864. The second-order valence-corrected chi connectivity index (χ2v) is 8.93. The third-order valence-corrected chi connectivity index (χ3v) is 6.60. The first kappa shape index (κ1) is 19.5. The maximum absolute atomic E-state index is 12.3. The molecule has 1 fully saturated rings. The summed E-state index contributed by atoms with van der Waals surface area (Å²) < 4.78 is 1.21. The van der Waals surface area contributed by atoms with Crippen LogP contribution in [0.1, 0.15) is 91.9 Å². The van der Waals surface area contributed by atoms with Crippen molar-refractivity contribution in [1.82, 2.24) is 0 Å². The SMILES string of the molecule is CCCCCCCCCC(C)C=[N+]([O-])CC1=CC[C@H]2C[C@@H]1C2(C)C. The van der Waals surface area contributed by atoms with Gasteiger partial charge in [-0.2, -0.15) is 0 Å². The lowest BCUT2D eigenvalue weighted by molar-refractivity contribution is -0.448. The van der Waals surface area contributed by atoms with Gasteiger partial charge in [0, 0.05) is 5.92 Å². The molecule has 3 aliphatic carbocycles. The van der Waals surface area contributed by atoms with E-state index in [1.165, 1.54) is 68.1 Å². The molecule has 0 aliphatic heterocycles. The Hall–Kier alpha value is -0.790. The van der Waals surface area contributed by atoms with E-state index in [1.54, 1.807) is 0 Å². The van der Waals surface area contributed by atoms with Crippen LogP contribution >= 0.6 is 0 Å². The van der Waals surface area contributed by atoms with E-state index in [-0.39, 0.29) is 0 Å². The summed E-state index contributed by atoms with van der Waals surface area (Å²) in [7, 11) is 0. The van der Waals surface area contributed by atoms with Gasteiger partial charge < -0.3 is 5.21 Å². The number of hydrogen-bond donors (Lipinski definition) is 0. The standard InChI is InChI=1S/C22H39NO/c1-5-6-7-8-9-10-11-12-18(2)16-23(24)17-19-13-14-20-15-21(19)22(20,3)4/h13,16,18,20-21H,5-12,14-15,17H2,1-4H3/t18?,20-,21-/m0/s1. The van der Waals surface area contributed by atoms with Crippen LogP contribution in [0.3, 0.4) is 0 Å². The molecule has 0 aromatic heterocycles. The molecule has 24 heavy (non-hydrogen) atoms. The quantitative estimate of drug-likeness (QED) is 0.108. The van der Waals surface area contributed by atoms with Crippen LogP contribution in [0.5, 0.6) is 0 Å². The van der Waals surface area contributed by atoms with Gasteiger partial charge in [0.05, 0.1) is 0 Å². The fourth-order valence-corrected chi connectivity index (χ4v) is 4.67. The molecule has 0 aromatic carbocycles. The van der Waals surface area contributed by atoms with Crippen molar-refractivity contribution < 1.29 is 4.74 Å². The summed E-state index contributed by atoms with van der Waals surface area (Å²) in [6.45, 7) is 9.81. The van der Waals surface area contributed by atoms with E-state index in [0.717, 1.165) is 12.3 Å². The molecular formula is C22H39NO. The normalized spacial score (nSPS) is 26.7. The Kier molecular flexibility index (Phi) is 7.37. The van der Waals surface area contributed by atoms with Crippen LogP contribution in [0.2, 0.25) is 0 Å². The molecule has 0 spiro atoms. The van der Waals surface area contributed by atoms with Crippen LogP contribution < -0.4 is 0 Å². The minimum absolute atomic E-state index is 0.407. The highest BCUT2D eigenvalue weighted by Gasteiger charge is 2.51. The molecule has 3 rings (SSSR count). The Morgan fingerprint density at radius 2 is 1.88 bits per heavy atom. The Morgan fingerprint density at radius 3 is 2.50 bits per heavy atom. The maximum Gasteiger partial charge on any atom is 0.174 e. The summed E-state index contributed by atoms with van der Waals surface area (Å²) in [4.78, 5) is 0. The van der Waals surface area contributed by atoms with E-state index in [1.807, 2.05) is 6.21 Å². The maximum atomic E-state index is 12.3. The zero-order chi connectivity index (χ0) is 17.6. The van der Waals surface area contributed by atoms with Crippen molar-refractivity contribution in [2.24, 2.45) is 23.2 Å². The lowest BCUT2D eigenvalue weighted by Gasteiger charge is -2.56. The second-order valence-electron chi connectivity index (χ2n) is 8.93. The summed E-state index contributed by atoms with van der Waals surface area (Å²) in [6.07, 6.45) is 17.3. The highest BCUT2D eigenvalue weighted by Crippen LogP contribution is 2.59. The monoisotopic (exact) mass is 333 g/mol. The average molecular weight is 334 g/mol. The van der Waals surface area contributed by atoms with Gasteiger partial charge >= 0.3 is 0 Å². The third-order valence-electron chi connectivity index (χ3n) is 6.60. The average Bonchev–Trinajstić information content (AvgIpc) is 2.53. The molecule has 1 saturated carbocycles. The van der Waals surface area contributed by atoms with Gasteiger partial charge in [0.15, 0.2) is 12.8 Å². The molecule has 0 N–H and O–H groups in total. The lowest BCUT2D eigenvalue weighted by atomic mass is 9.49. The highest BCUT2D eigenvalue weighted by molar-refractivity contribution is 5.54. The van der Waals surface area contributed by atoms with Gasteiger partial charge in [-0.05, 0) is 42.1 Å². The number of hydroxylamine groups is 1. The largest absolute Gasteiger partial charge is 0.624 e. The van der Waals surface area contributed by atoms with E-state index in [2.05, 4.69) is 33.8 Å². The molecule has 138 valence electrons. The summed E-state index contributed by atoms with van der Waals surface area (Å²) in [5.41, 5.74) is 1.82. The smallest absolute Gasteiger partial charge is 0.174 e. The van der Waals surface area contributed by atoms with Crippen LogP contribution in [0, 0.1) is 28.4 Å². The molecular weight excluding hydrogens is 294 g/mol. The van der Waals surface area contributed by atoms with Crippen LogP contribution in [0.15, 0.2) is 11.6 Å². The Morgan fingerprint density at radius 1 is 1.21 bits per heavy atom. The van der Waals surface area contributed by atoms with Crippen LogP contribution in [0.25, 0.3) is 0 Å². The lowest BCUT2D eigenvalue weighted by Crippen LogP contribution is -2.49. The predicted octanol–water partition coefficient (Wildman–Crippen LogP) is 6.34. The molecule has 2 heteroatoms. The molecule has 0 saturated heterocycles.